The number of carbonyl (C=O) groups is 1. The monoisotopic (exact) mass is 437 g/mol. The van der Waals surface area contributed by atoms with Gasteiger partial charge in [-0.3, -0.25) is 4.79 Å². The van der Waals surface area contributed by atoms with Crippen molar-refractivity contribution in [2.24, 2.45) is 0 Å². The van der Waals surface area contributed by atoms with Crippen molar-refractivity contribution in [1.29, 1.82) is 0 Å². The van der Waals surface area contributed by atoms with Crippen molar-refractivity contribution in [3.63, 3.8) is 0 Å². The molecule has 1 radical (unpaired) electrons. The van der Waals surface area contributed by atoms with Gasteiger partial charge in [-0.05, 0) is 63.3 Å². The van der Waals surface area contributed by atoms with E-state index in [2.05, 4.69) is 26.1 Å². The summed E-state index contributed by atoms with van der Waals surface area (Å²) in [6.07, 6.45) is 10.1. The first-order valence-corrected chi connectivity index (χ1v) is 11.7. The molecule has 2 aliphatic rings. The second-order valence-corrected chi connectivity index (χ2v) is 12.3. The summed E-state index contributed by atoms with van der Waals surface area (Å²) in [6, 6.07) is 4.01. The van der Waals surface area contributed by atoms with Crippen molar-refractivity contribution >= 4 is 18.9 Å². The Labute approximate surface area is 178 Å². The summed E-state index contributed by atoms with van der Waals surface area (Å²) in [5.41, 5.74) is 3.16. The van der Waals surface area contributed by atoms with Crippen LogP contribution in [0.5, 0.6) is 5.75 Å². The molecule has 1 aliphatic heterocycles. The number of anilines is 1. The molecule has 1 N–H and O–H groups in total. The van der Waals surface area contributed by atoms with Crippen molar-refractivity contribution in [1.82, 2.24) is 0 Å². The maximum Gasteiger partial charge on any atom is 0.268 e. The van der Waals surface area contributed by atoms with Crippen LogP contribution in [0.2, 0.25) is 0 Å². The molecule has 1 aromatic rings. The van der Waals surface area contributed by atoms with Crippen LogP contribution in [0.4, 0.5) is 5.69 Å². The first-order valence-electron chi connectivity index (χ1n) is 9.31. The van der Waals surface area contributed by atoms with Gasteiger partial charge in [-0.2, -0.15) is 0 Å². The zero-order valence-corrected chi connectivity index (χ0v) is 19.9. The molecule has 0 aromatic heterocycles. The second-order valence-electron chi connectivity index (χ2n) is 7.59. The van der Waals surface area contributed by atoms with E-state index in [4.69, 9.17) is 4.74 Å². The average molecular weight is 437 g/mol. The third kappa shape index (κ3) is 3.85. The molecule has 1 aliphatic carbocycles. The zero-order valence-electron chi connectivity index (χ0n) is 16.2. The van der Waals surface area contributed by atoms with Gasteiger partial charge < -0.3 is 10.1 Å². The van der Waals surface area contributed by atoms with Gasteiger partial charge in [0.05, 0.1) is 25.6 Å². The molecule has 0 atom stereocenters. The number of benzene rings is 1. The summed E-state index contributed by atoms with van der Waals surface area (Å²) in [5, 5.41) is 3.31. The Morgan fingerprint density at radius 3 is 2.16 bits per heavy atom. The molecule has 0 unspecified atom stereocenters. The Balaban J connectivity index is 0.00000225. The van der Waals surface area contributed by atoms with Crippen LogP contribution >= 0.6 is 7.26 Å². The largest absolute Gasteiger partial charge is 0.497 e. The van der Waals surface area contributed by atoms with Gasteiger partial charge in [-0.25, -0.2) is 0 Å². The molecule has 3 rings (SSSR count). The van der Waals surface area contributed by atoms with Crippen molar-refractivity contribution in [2.75, 3.05) is 30.9 Å². The molecule has 5 heteroatoms. The maximum atomic E-state index is 13.3. The van der Waals surface area contributed by atoms with Gasteiger partial charge in [-0.15, -0.1) is 0 Å². The van der Waals surface area contributed by atoms with Gasteiger partial charge in [0.1, 0.15) is 5.75 Å². The Morgan fingerprint density at radius 2 is 1.72 bits per heavy atom. The Hall–Kier alpha value is 0.0239. The predicted molar refractivity (Wildman–Crippen MR) is 104 cm³/mol. The molecule has 0 spiro atoms. The molecule has 0 bridgehead atoms. The third-order valence-corrected chi connectivity index (χ3v) is 12.3. The maximum absolute atomic E-state index is 13.3. The SMILES string of the molecule is CC[P+]1(C2(C(=O)Nc3c(C)cc(OC)cc3C)CC2)CCCCC1.[Y]. The summed E-state index contributed by atoms with van der Waals surface area (Å²) in [4.78, 5) is 13.3. The molecule has 25 heavy (non-hydrogen) atoms. The fraction of sp³-hybridized carbons (Fsp3) is 0.650. The van der Waals surface area contributed by atoms with Crippen LogP contribution in [0.3, 0.4) is 0 Å². The van der Waals surface area contributed by atoms with Crippen molar-refractivity contribution in [3.8, 4) is 5.75 Å². The number of ether oxygens (including phenoxy) is 1. The summed E-state index contributed by atoms with van der Waals surface area (Å²) in [7, 11) is 0.546. The van der Waals surface area contributed by atoms with E-state index in [9.17, 15) is 4.79 Å². The Bertz CT molecular complexity index is 614. The van der Waals surface area contributed by atoms with Gasteiger partial charge in [0.15, 0.2) is 5.16 Å². The van der Waals surface area contributed by atoms with Gasteiger partial charge in [0, 0.05) is 58.5 Å². The van der Waals surface area contributed by atoms with E-state index in [0.717, 1.165) is 35.4 Å². The van der Waals surface area contributed by atoms with Crippen molar-refractivity contribution < 1.29 is 42.2 Å². The quantitative estimate of drug-likeness (QED) is 0.659. The fourth-order valence-corrected chi connectivity index (χ4v) is 10.2. The van der Waals surface area contributed by atoms with E-state index in [1.165, 1.54) is 37.7 Å². The van der Waals surface area contributed by atoms with Gasteiger partial charge in [0.2, 0.25) is 0 Å². The van der Waals surface area contributed by atoms with E-state index in [-0.39, 0.29) is 37.9 Å². The number of aryl methyl sites for hydroxylation is 2. The molecule has 3 nitrogen and oxygen atoms in total. The van der Waals surface area contributed by atoms with Crippen LogP contribution < -0.4 is 10.1 Å². The Kier molecular flexibility index (Phi) is 7.13. The van der Waals surface area contributed by atoms with Crippen molar-refractivity contribution in [2.45, 2.75) is 58.0 Å². The molecule has 1 saturated carbocycles. The fourth-order valence-electron chi connectivity index (χ4n) is 4.67. The minimum atomic E-state index is -1.14. The Morgan fingerprint density at radius 1 is 1.16 bits per heavy atom. The number of hydrogen-bond donors (Lipinski definition) is 1. The topological polar surface area (TPSA) is 38.3 Å². The van der Waals surface area contributed by atoms with Crippen LogP contribution in [-0.4, -0.2) is 36.7 Å². The molecule has 1 aromatic carbocycles. The number of carbonyl (C=O) groups excluding carboxylic acids is 1. The summed E-state index contributed by atoms with van der Waals surface area (Å²) in [6.45, 7) is 6.43. The second kappa shape index (κ2) is 8.36. The molecule has 2 fully saturated rings. The molecular formula is C20H31NO2PY+. The summed E-state index contributed by atoms with van der Waals surface area (Å²) >= 11 is 0. The molecule has 1 saturated heterocycles. The molecule has 135 valence electrons. The van der Waals surface area contributed by atoms with Gasteiger partial charge >= 0.3 is 0 Å². The standard InChI is InChI=1S/C20H30NO2P.Y/c1-5-24(11-7-6-8-12-24)20(9-10-20)19(22)21-18-15(2)13-17(23-4)14-16(18)3;/h13-14H,5-12H2,1-4H3;/p+1. The minimum absolute atomic E-state index is 0. The van der Waals surface area contributed by atoms with Gasteiger partial charge in [0.25, 0.3) is 5.91 Å². The number of amides is 1. The number of methoxy groups -OCH3 is 1. The first-order chi connectivity index (χ1) is 11.5. The number of hydrogen-bond acceptors (Lipinski definition) is 2. The molecule has 1 heterocycles. The summed E-state index contributed by atoms with van der Waals surface area (Å²) < 4.78 is 5.34. The average Bonchev–Trinajstić information content (AvgIpc) is 3.40. The van der Waals surface area contributed by atoms with E-state index >= 15 is 0 Å². The predicted octanol–water partition coefficient (Wildman–Crippen LogP) is 5.00. The van der Waals surface area contributed by atoms with Crippen LogP contribution in [0.15, 0.2) is 12.1 Å². The minimum Gasteiger partial charge on any atom is -0.497 e. The van der Waals surface area contributed by atoms with Crippen LogP contribution in [0.1, 0.15) is 50.2 Å². The molecule has 1 amide bonds. The van der Waals surface area contributed by atoms with E-state index < -0.39 is 7.26 Å². The van der Waals surface area contributed by atoms with Crippen molar-refractivity contribution in [3.05, 3.63) is 23.3 Å². The van der Waals surface area contributed by atoms with Crippen LogP contribution in [0, 0.1) is 13.8 Å². The third-order valence-electron chi connectivity index (χ3n) is 6.31. The van der Waals surface area contributed by atoms with E-state index in [0.29, 0.717) is 5.91 Å². The van der Waals surface area contributed by atoms with Crippen LogP contribution in [-0.2, 0) is 37.5 Å². The van der Waals surface area contributed by atoms with Gasteiger partial charge in [-0.1, -0.05) is 0 Å². The van der Waals surface area contributed by atoms with Crippen LogP contribution in [0.25, 0.3) is 0 Å². The molecular weight excluding hydrogens is 406 g/mol. The number of rotatable bonds is 5. The first kappa shape index (κ1) is 21.3. The van der Waals surface area contributed by atoms with E-state index in [1.54, 1.807) is 7.11 Å². The smallest absolute Gasteiger partial charge is 0.268 e. The zero-order chi connectivity index (χ0) is 17.4. The summed E-state index contributed by atoms with van der Waals surface area (Å²) in [5.74, 6) is 1.16. The number of nitrogens with one attached hydrogen (secondary N) is 1. The van der Waals surface area contributed by atoms with E-state index in [1.807, 2.05) is 12.1 Å². The normalized spacial score (nSPS) is 20.3.